The molecule has 1 aromatic heterocycles. The summed E-state index contributed by atoms with van der Waals surface area (Å²) >= 11 is 1.57. The van der Waals surface area contributed by atoms with Gasteiger partial charge in [-0.15, -0.1) is 11.3 Å². The first kappa shape index (κ1) is 19.0. The van der Waals surface area contributed by atoms with E-state index in [9.17, 15) is 9.59 Å². The largest absolute Gasteiger partial charge is 0.489 e. The molecule has 2 heterocycles. The summed E-state index contributed by atoms with van der Waals surface area (Å²) in [5, 5.41) is 1.98. The van der Waals surface area contributed by atoms with Crippen molar-refractivity contribution >= 4 is 29.2 Å². The SMILES string of the molecule is COC(=O)c1ccc(COc2ccc3c(c2)OC(=Cc2sccc2C)C3=O)cc1. The molecule has 0 fully saturated rings. The first-order chi connectivity index (χ1) is 14.0. The number of carbonyl (C=O) groups is 2. The Morgan fingerprint density at radius 3 is 2.62 bits per heavy atom. The minimum absolute atomic E-state index is 0.127. The molecule has 1 aliphatic heterocycles. The van der Waals surface area contributed by atoms with Gasteiger partial charge >= 0.3 is 5.97 Å². The predicted molar refractivity (Wildman–Crippen MR) is 111 cm³/mol. The van der Waals surface area contributed by atoms with Gasteiger partial charge in [0, 0.05) is 17.0 Å². The lowest BCUT2D eigenvalue weighted by molar-refractivity contribution is 0.0600. The zero-order valence-corrected chi connectivity index (χ0v) is 16.7. The Morgan fingerprint density at radius 2 is 1.93 bits per heavy atom. The van der Waals surface area contributed by atoms with Crippen LogP contribution in [0.2, 0.25) is 0 Å². The molecular weight excluding hydrogens is 388 g/mol. The number of methoxy groups -OCH3 is 1. The minimum Gasteiger partial charge on any atom is -0.489 e. The molecule has 0 amide bonds. The maximum absolute atomic E-state index is 12.6. The van der Waals surface area contributed by atoms with Gasteiger partial charge in [-0.3, -0.25) is 4.79 Å². The highest BCUT2D eigenvalue weighted by atomic mass is 32.1. The van der Waals surface area contributed by atoms with Crippen LogP contribution < -0.4 is 9.47 Å². The van der Waals surface area contributed by atoms with Gasteiger partial charge in [0.2, 0.25) is 5.78 Å². The molecule has 0 saturated heterocycles. The molecule has 6 heteroatoms. The van der Waals surface area contributed by atoms with Crippen molar-refractivity contribution in [3.05, 3.63) is 86.8 Å². The molecule has 146 valence electrons. The second-order valence-corrected chi connectivity index (χ2v) is 7.49. The molecule has 4 rings (SSSR count). The van der Waals surface area contributed by atoms with E-state index in [4.69, 9.17) is 9.47 Å². The van der Waals surface area contributed by atoms with Gasteiger partial charge in [-0.05, 0) is 53.8 Å². The van der Waals surface area contributed by atoms with Gasteiger partial charge in [-0.25, -0.2) is 4.79 Å². The second-order valence-electron chi connectivity index (χ2n) is 6.54. The highest BCUT2D eigenvalue weighted by molar-refractivity contribution is 7.11. The summed E-state index contributed by atoms with van der Waals surface area (Å²) in [4.78, 5) is 25.1. The van der Waals surface area contributed by atoms with Crippen LogP contribution in [0, 0.1) is 6.92 Å². The van der Waals surface area contributed by atoms with E-state index >= 15 is 0 Å². The van der Waals surface area contributed by atoms with Crippen LogP contribution in [0.15, 0.2) is 59.7 Å². The number of ketones is 1. The number of rotatable bonds is 5. The summed E-state index contributed by atoms with van der Waals surface area (Å²) in [5.41, 5.74) is 3.03. The maximum atomic E-state index is 12.6. The number of hydrogen-bond acceptors (Lipinski definition) is 6. The topological polar surface area (TPSA) is 61.8 Å². The minimum atomic E-state index is -0.375. The summed E-state index contributed by atoms with van der Waals surface area (Å²) in [5.74, 6) is 0.912. The zero-order chi connectivity index (χ0) is 20.4. The van der Waals surface area contributed by atoms with Crippen LogP contribution in [0.25, 0.3) is 6.08 Å². The van der Waals surface area contributed by atoms with Crippen molar-refractivity contribution in [3.8, 4) is 11.5 Å². The number of benzene rings is 2. The predicted octanol–water partition coefficient (Wildman–Crippen LogP) is 5.04. The van der Waals surface area contributed by atoms with Crippen molar-refractivity contribution in [1.82, 2.24) is 0 Å². The van der Waals surface area contributed by atoms with Crippen LogP contribution in [0.1, 0.15) is 36.7 Å². The Bertz CT molecular complexity index is 1110. The fraction of sp³-hybridized carbons (Fsp3) is 0.130. The van der Waals surface area contributed by atoms with Gasteiger partial charge in [0.05, 0.1) is 18.2 Å². The molecule has 0 N–H and O–H groups in total. The second kappa shape index (κ2) is 7.93. The third-order valence-corrected chi connectivity index (χ3v) is 5.55. The van der Waals surface area contributed by atoms with E-state index in [1.165, 1.54) is 7.11 Å². The van der Waals surface area contributed by atoms with Gasteiger partial charge in [0.25, 0.3) is 0 Å². The molecule has 0 unspecified atom stereocenters. The van der Waals surface area contributed by atoms with Crippen LogP contribution in [0.4, 0.5) is 0 Å². The highest BCUT2D eigenvalue weighted by Gasteiger charge is 2.28. The number of aryl methyl sites for hydroxylation is 1. The fourth-order valence-corrected chi connectivity index (χ4v) is 3.78. The molecular formula is C23H18O5S. The molecule has 3 aromatic rings. The van der Waals surface area contributed by atoms with Gasteiger partial charge in [-0.1, -0.05) is 12.1 Å². The van der Waals surface area contributed by atoms with Crippen molar-refractivity contribution in [2.75, 3.05) is 7.11 Å². The van der Waals surface area contributed by atoms with E-state index in [1.54, 1.807) is 47.7 Å². The van der Waals surface area contributed by atoms with Gasteiger partial charge in [0.15, 0.2) is 5.76 Å². The van der Waals surface area contributed by atoms with Crippen molar-refractivity contribution < 1.29 is 23.8 Å². The first-order valence-corrected chi connectivity index (χ1v) is 9.85. The van der Waals surface area contributed by atoms with E-state index in [2.05, 4.69) is 4.74 Å². The molecule has 0 radical (unpaired) electrons. The Morgan fingerprint density at radius 1 is 1.14 bits per heavy atom. The Kier molecular flexibility index (Phi) is 5.18. The molecule has 0 bridgehead atoms. The lowest BCUT2D eigenvalue weighted by atomic mass is 10.1. The summed E-state index contributed by atoms with van der Waals surface area (Å²) in [6, 6.07) is 14.2. The number of esters is 1. The summed E-state index contributed by atoms with van der Waals surface area (Å²) in [6.07, 6.45) is 1.78. The number of hydrogen-bond donors (Lipinski definition) is 0. The van der Waals surface area contributed by atoms with Gasteiger partial charge < -0.3 is 14.2 Å². The van der Waals surface area contributed by atoms with E-state index in [0.717, 1.165) is 16.0 Å². The Hall–Kier alpha value is -3.38. The van der Waals surface area contributed by atoms with Crippen molar-refractivity contribution in [2.24, 2.45) is 0 Å². The van der Waals surface area contributed by atoms with Crippen LogP contribution in [-0.4, -0.2) is 18.9 Å². The number of carbonyl (C=O) groups excluding carboxylic acids is 2. The molecule has 0 saturated carbocycles. The van der Waals surface area contributed by atoms with Crippen molar-refractivity contribution in [3.63, 3.8) is 0 Å². The molecule has 1 aliphatic rings. The van der Waals surface area contributed by atoms with Crippen molar-refractivity contribution in [2.45, 2.75) is 13.5 Å². The molecule has 5 nitrogen and oxygen atoms in total. The number of fused-ring (bicyclic) bond motifs is 1. The van der Waals surface area contributed by atoms with Crippen LogP contribution in [0.3, 0.4) is 0 Å². The smallest absolute Gasteiger partial charge is 0.337 e. The normalized spacial score (nSPS) is 13.9. The number of Topliss-reactive ketones (excluding diaryl/α,β-unsaturated/α-hetero) is 1. The van der Waals surface area contributed by atoms with E-state index < -0.39 is 0 Å². The maximum Gasteiger partial charge on any atom is 0.337 e. The molecule has 29 heavy (non-hydrogen) atoms. The highest BCUT2D eigenvalue weighted by Crippen LogP contribution is 2.35. The third kappa shape index (κ3) is 3.93. The van der Waals surface area contributed by atoms with E-state index in [1.807, 2.05) is 30.5 Å². The summed E-state index contributed by atoms with van der Waals surface area (Å²) in [6.45, 7) is 2.32. The molecule has 2 aromatic carbocycles. The average Bonchev–Trinajstić information content (AvgIpc) is 3.29. The number of allylic oxidation sites excluding steroid dienone is 1. The van der Waals surface area contributed by atoms with Crippen molar-refractivity contribution in [1.29, 1.82) is 0 Å². The first-order valence-electron chi connectivity index (χ1n) is 8.97. The Labute approximate surface area is 172 Å². The number of thiophene rings is 1. The third-order valence-electron chi connectivity index (χ3n) is 4.59. The van der Waals surface area contributed by atoms with Crippen LogP contribution >= 0.6 is 11.3 Å². The lowest BCUT2D eigenvalue weighted by Crippen LogP contribution is -2.02. The monoisotopic (exact) mass is 406 g/mol. The average molecular weight is 406 g/mol. The molecule has 0 atom stereocenters. The fourth-order valence-electron chi connectivity index (χ4n) is 2.93. The summed E-state index contributed by atoms with van der Waals surface area (Å²) < 4.78 is 16.3. The Balaban J connectivity index is 1.46. The standard InChI is InChI=1S/C23H18O5S/c1-14-9-10-29-21(14)12-20-22(24)18-8-7-17(11-19(18)28-20)27-13-15-3-5-16(6-4-15)23(25)26-2/h3-12H,13H2,1-2H3. The van der Waals surface area contributed by atoms with Crippen LogP contribution in [0.5, 0.6) is 11.5 Å². The van der Waals surface area contributed by atoms with Gasteiger partial charge in [-0.2, -0.15) is 0 Å². The van der Waals surface area contributed by atoms with Gasteiger partial charge in [0.1, 0.15) is 18.1 Å². The van der Waals surface area contributed by atoms with E-state index in [0.29, 0.717) is 35.0 Å². The zero-order valence-electron chi connectivity index (χ0n) is 15.9. The quantitative estimate of drug-likeness (QED) is 0.439. The van der Waals surface area contributed by atoms with E-state index in [-0.39, 0.29) is 11.8 Å². The summed E-state index contributed by atoms with van der Waals surface area (Å²) in [7, 11) is 1.35. The number of ether oxygens (including phenoxy) is 3. The lowest BCUT2D eigenvalue weighted by Gasteiger charge is -2.08. The van der Waals surface area contributed by atoms with Crippen LogP contribution in [-0.2, 0) is 11.3 Å². The molecule has 0 spiro atoms. The molecule has 0 aliphatic carbocycles.